The van der Waals surface area contributed by atoms with Crippen molar-refractivity contribution >= 4 is 15.8 Å². The average molecular weight is 418 g/mol. The Hall–Kier alpha value is -2.38. The van der Waals surface area contributed by atoms with Gasteiger partial charge in [-0.2, -0.15) is 0 Å². The van der Waals surface area contributed by atoms with E-state index < -0.39 is 16.1 Å². The number of methoxy groups -OCH3 is 1. The quantitative estimate of drug-likeness (QED) is 0.768. The van der Waals surface area contributed by atoms with Gasteiger partial charge in [0.15, 0.2) is 17.3 Å². The molecule has 6 nitrogen and oxygen atoms in total. The Bertz CT molecular complexity index is 1020. The molecule has 0 aliphatic heterocycles. The Labute approximate surface area is 172 Å². The van der Waals surface area contributed by atoms with Crippen molar-refractivity contribution in [2.75, 3.05) is 13.7 Å². The number of fused-ring (bicyclic) bond motifs is 1. The Morgan fingerprint density at radius 1 is 1.10 bits per heavy atom. The minimum absolute atomic E-state index is 0.0629. The minimum atomic E-state index is -3.79. The van der Waals surface area contributed by atoms with Gasteiger partial charge in [0.05, 0.1) is 24.7 Å². The summed E-state index contributed by atoms with van der Waals surface area (Å²) >= 11 is 0. The average Bonchev–Trinajstić information content (AvgIpc) is 2.95. The van der Waals surface area contributed by atoms with E-state index in [0.717, 1.165) is 5.56 Å². The van der Waals surface area contributed by atoms with E-state index in [1.807, 2.05) is 19.1 Å². The molecule has 0 radical (unpaired) electrons. The summed E-state index contributed by atoms with van der Waals surface area (Å²) in [5.74, 6) is 0.821. The molecule has 1 N–H and O–H groups in total. The lowest BCUT2D eigenvalue weighted by atomic mass is 9.87. The fraction of sp³-hybridized carbons (Fsp3) is 0.409. The molecule has 0 fully saturated rings. The number of benzene rings is 2. The molecular weight excluding hydrogens is 390 g/mol. The number of hydrogen-bond donors (Lipinski definition) is 1. The van der Waals surface area contributed by atoms with E-state index in [-0.39, 0.29) is 22.5 Å². The zero-order valence-electron chi connectivity index (χ0n) is 17.4. The highest BCUT2D eigenvalue weighted by molar-refractivity contribution is 7.89. The van der Waals surface area contributed by atoms with E-state index in [1.165, 1.54) is 7.11 Å². The molecule has 0 saturated carbocycles. The molecule has 0 unspecified atom stereocenters. The van der Waals surface area contributed by atoms with Gasteiger partial charge in [0.1, 0.15) is 0 Å². The van der Waals surface area contributed by atoms with Crippen LogP contribution in [0.25, 0.3) is 0 Å². The van der Waals surface area contributed by atoms with Crippen LogP contribution >= 0.6 is 0 Å². The number of Topliss-reactive ketones (excluding diaryl/α,β-unsaturated/α-hetero) is 1. The molecule has 0 aromatic heterocycles. The van der Waals surface area contributed by atoms with Crippen LogP contribution in [-0.2, 0) is 15.4 Å². The molecule has 0 amide bonds. The van der Waals surface area contributed by atoms with Gasteiger partial charge in [-0.25, -0.2) is 13.1 Å². The molecule has 0 heterocycles. The van der Waals surface area contributed by atoms with Gasteiger partial charge < -0.3 is 9.47 Å². The number of carbonyl (C=O) groups excluding carboxylic acids is 1. The van der Waals surface area contributed by atoms with Crippen molar-refractivity contribution in [2.45, 2.75) is 50.5 Å². The molecule has 1 aliphatic rings. The van der Waals surface area contributed by atoms with E-state index in [0.29, 0.717) is 29.2 Å². The number of rotatable bonds is 6. The molecule has 29 heavy (non-hydrogen) atoms. The summed E-state index contributed by atoms with van der Waals surface area (Å²) in [4.78, 5) is 12.6. The topological polar surface area (TPSA) is 81.7 Å². The largest absolute Gasteiger partial charge is 0.493 e. The van der Waals surface area contributed by atoms with Crippen molar-refractivity contribution in [3.05, 3.63) is 53.1 Å². The lowest BCUT2D eigenvalue weighted by Gasteiger charge is -2.20. The summed E-state index contributed by atoms with van der Waals surface area (Å²) < 4.78 is 39.4. The first kappa shape index (κ1) is 21.3. The fourth-order valence-electron chi connectivity index (χ4n) is 3.43. The fourth-order valence-corrected chi connectivity index (χ4v) is 4.65. The first-order valence-electron chi connectivity index (χ1n) is 9.57. The third kappa shape index (κ3) is 4.31. The summed E-state index contributed by atoms with van der Waals surface area (Å²) in [7, 11) is -2.28. The number of ketones is 1. The van der Waals surface area contributed by atoms with Crippen molar-refractivity contribution in [1.29, 1.82) is 0 Å². The molecule has 3 rings (SSSR count). The van der Waals surface area contributed by atoms with Crippen LogP contribution in [0, 0.1) is 0 Å². The van der Waals surface area contributed by atoms with Crippen molar-refractivity contribution < 1.29 is 22.7 Å². The zero-order chi connectivity index (χ0) is 21.4. The van der Waals surface area contributed by atoms with Crippen LogP contribution in [0.4, 0.5) is 0 Å². The first-order valence-corrected chi connectivity index (χ1v) is 11.1. The Balaban J connectivity index is 1.91. The standard InChI is InChI=1S/C22H27NO5S/c1-6-28-21-12-17-16(11-20(21)27-5)18(13-19(17)24)23-29(25,26)15-9-7-14(8-10-15)22(2,3)4/h7-12,18,23H,6,13H2,1-5H3/t18-/m1/s1. The summed E-state index contributed by atoms with van der Waals surface area (Å²) in [6.07, 6.45) is 0.0629. The number of ether oxygens (including phenoxy) is 2. The second kappa shape index (κ2) is 7.80. The van der Waals surface area contributed by atoms with Gasteiger partial charge in [0, 0.05) is 12.0 Å². The molecule has 0 bridgehead atoms. The predicted molar refractivity (Wildman–Crippen MR) is 111 cm³/mol. The van der Waals surface area contributed by atoms with E-state index >= 15 is 0 Å². The molecule has 0 saturated heterocycles. The third-order valence-corrected chi connectivity index (χ3v) is 6.52. The van der Waals surface area contributed by atoms with Gasteiger partial charge in [-0.3, -0.25) is 4.79 Å². The molecule has 2 aromatic rings. The van der Waals surface area contributed by atoms with Crippen LogP contribution in [0.15, 0.2) is 41.3 Å². The Morgan fingerprint density at radius 3 is 2.31 bits per heavy atom. The van der Waals surface area contributed by atoms with Gasteiger partial charge in [0.2, 0.25) is 10.0 Å². The van der Waals surface area contributed by atoms with Crippen molar-refractivity contribution in [3.63, 3.8) is 0 Å². The van der Waals surface area contributed by atoms with E-state index in [4.69, 9.17) is 9.47 Å². The van der Waals surface area contributed by atoms with Gasteiger partial charge in [-0.1, -0.05) is 32.9 Å². The minimum Gasteiger partial charge on any atom is -0.493 e. The molecule has 156 valence electrons. The van der Waals surface area contributed by atoms with Crippen LogP contribution in [0.3, 0.4) is 0 Å². The van der Waals surface area contributed by atoms with E-state index in [9.17, 15) is 13.2 Å². The Morgan fingerprint density at radius 2 is 1.76 bits per heavy atom. The number of carbonyl (C=O) groups is 1. The first-order chi connectivity index (χ1) is 13.6. The lowest BCUT2D eigenvalue weighted by Crippen LogP contribution is -2.27. The molecule has 2 aromatic carbocycles. The van der Waals surface area contributed by atoms with Crippen LogP contribution in [0.5, 0.6) is 11.5 Å². The van der Waals surface area contributed by atoms with Gasteiger partial charge in [-0.05, 0) is 47.7 Å². The highest BCUT2D eigenvalue weighted by atomic mass is 32.2. The van der Waals surface area contributed by atoms with Crippen molar-refractivity contribution in [3.8, 4) is 11.5 Å². The summed E-state index contributed by atoms with van der Waals surface area (Å²) in [5.41, 5.74) is 2.04. The van der Waals surface area contributed by atoms with Crippen LogP contribution < -0.4 is 14.2 Å². The maximum Gasteiger partial charge on any atom is 0.241 e. The Kier molecular flexibility index (Phi) is 5.74. The molecular formula is C22H27NO5S. The van der Waals surface area contributed by atoms with Crippen LogP contribution in [0.1, 0.15) is 61.6 Å². The second-order valence-corrected chi connectivity index (χ2v) is 9.81. The number of sulfonamides is 1. The predicted octanol–water partition coefficient (Wildman–Crippen LogP) is 4.00. The SMILES string of the molecule is CCOc1cc2c(cc1OC)[C@H](NS(=O)(=O)c1ccc(C(C)(C)C)cc1)CC2=O. The smallest absolute Gasteiger partial charge is 0.241 e. The maximum absolute atomic E-state index is 12.9. The monoisotopic (exact) mass is 417 g/mol. The zero-order valence-corrected chi connectivity index (χ0v) is 18.2. The normalized spacial score (nSPS) is 16.6. The van der Waals surface area contributed by atoms with Gasteiger partial charge in [-0.15, -0.1) is 0 Å². The molecule has 0 spiro atoms. The molecule has 7 heteroatoms. The lowest BCUT2D eigenvalue weighted by molar-refractivity contribution is 0.0988. The highest BCUT2D eigenvalue weighted by Crippen LogP contribution is 2.40. The highest BCUT2D eigenvalue weighted by Gasteiger charge is 2.34. The number of hydrogen-bond acceptors (Lipinski definition) is 5. The van der Waals surface area contributed by atoms with Gasteiger partial charge in [0.25, 0.3) is 0 Å². The van der Waals surface area contributed by atoms with Gasteiger partial charge >= 0.3 is 0 Å². The second-order valence-electron chi connectivity index (χ2n) is 8.10. The number of nitrogens with one attached hydrogen (secondary N) is 1. The summed E-state index contributed by atoms with van der Waals surface area (Å²) in [5, 5.41) is 0. The molecule has 1 aliphatic carbocycles. The van der Waals surface area contributed by atoms with E-state index in [1.54, 1.807) is 24.3 Å². The maximum atomic E-state index is 12.9. The third-order valence-electron chi connectivity index (χ3n) is 5.03. The summed E-state index contributed by atoms with van der Waals surface area (Å²) in [6, 6.07) is 9.50. The van der Waals surface area contributed by atoms with Crippen LogP contribution in [0.2, 0.25) is 0 Å². The van der Waals surface area contributed by atoms with E-state index in [2.05, 4.69) is 25.5 Å². The molecule has 1 atom stereocenters. The van der Waals surface area contributed by atoms with Crippen molar-refractivity contribution in [2.24, 2.45) is 0 Å². The van der Waals surface area contributed by atoms with Crippen molar-refractivity contribution in [1.82, 2.24) is 4.72 Å². The van der Waals surface area contributed by atoms with Crippen LogP contribution in [-0.4, -0.2) is 27.9 Å². The summed E-state index contributed by atoms with van der Waals surface area (Å²) in [6.45, 7) is 8.49.